The molecule has 0 spiro atoms. The van der Waals surface area contributed by atoms with E-state index in [1.807, 2.05) is 37.8 Å². The van der Waals surface area contributed by atoms with E-state index in [2.05, 4.69) is 20.4 Å². The van der Waals surface area contributed by atoms with E-state index in [-0.39, 0.29) is 0 Å². The Morgan fingerprint density at radius 2 is 2.06 bits per heavy atom. The third-order valence-electron chi connectivity index (χ3n) is 2.69. The summed E-state index contributed by atoms with van der Waals surface area (Å²) in [4.78, 5) is 8.45. The molecule has 2 heterocycles. The molecule has 0 saturated heterocycles. The Labute approximate surface area is 106 Å². The zero-order valence-electron chi connectivity index (χ0n) is 10.9. The molecule has 6 nitrogen and oxygen atoms in total. The average Bonchev–Trinajstić information content (AvgIpc) is 2.71. The monoisotopic (exact) mass is 246 g/mol. The van der Waals surface area contributed by atoms with E-state index in [0.29, 0.717) is 11.6 Å². The van der Waals surface area contributed by atoms with Crippen molar-refractivity contribution in [3.63, 3.8) is 0 Å². The van der Waals surface area contributed by atoms with Crippen LogP contribution in [-0.2, 0) is 6.54 Å². The average molecular weight is 246 g/mol. The summed E-state index contributed by atoms with van der Waals surface area (Å²) in [6.45, 7) is 7.30. The van der Waals surface area contributed by atoms with Crippen molar-refractivity contribution in [2.45, 2.75) is 27.3 Å². The van der Waals surface area contributed by atoms with Gasteiger partial charge in [0, 0.05) is 18.3 Å². The van der Waals surface area contributed by atoms with Gasteiger partial charge in [0.05, 0.1) is 12.7 Å². The lowest BCUT2D eigenvalue weighted by atomic mass is 10.3. The fourth-order valence-corrected chi connectivity index (χ4v) is 1.70. The maximum absolute atomic E-state index is 5.80. The molecule has 18 heavy (non-hydrogen) atoms. The van der Waals surface area contributed by atoms with Crippen molar-refractivity contribution in [3.05, 3.63) is 29.3 Å². The molecule has 0 unspecified atom stereocenters. The minimum Gasteiger partial charge on any atom is -0.383 e. The van der Waals surface area contributed by atoms with Gasteiger partial charge in [-0.3, -0.25) is 4.68 Å². The van der Waals surface area contributed by atoms with Gasteiger partial charge in [0.1, 0.15) is 17.5 Å². The third kappa shape index (κ3) is 2.77. The summed E-state index contributed by atoms with van der Waals surface area (Å²) >= 11 is 0. The molecule has 2 rings (SSSR count). The van der Waals surface area contributed by atoms with Crippen molar-refractivity contribution < 1.29 is 0 Å². The fourth-order valence-electron chi connectivity index (χ4n) is 1.70. The number of hydrogen-bond acceptors (Lipinski definition) is 5. The number of nitrogens with zero attached hydrogens (tertiary/aromatic N) is 4. The van der Waals surface area contributed by atoms with Gasteiger partial charge < -0.3 is 11.1 Å². The predicted molar refractivity (Wildman–Crippen MR) is 71.4 cm³/mol. The number of hydrogen-bond donors (Lipinski definition) is 2. The van der Waals surface area contributed by atoms with Crippen LogP contribution in [0, 0.1) is 20.8 Å². The Hall–Kier alpha value is -2.11. The highest BCUT2D eigenvalue weighted by Crippen LogP contribution is 2.16. The number of nitrogen functional groups attached to an aromatic ring is 1. The van der Waals surface area contributed by atoms with E-state index >= 15 is 0 Å². The lowest BCUT2D eigenvalue weighted by Gasteiger charge is -2.10. The summed E-state index contributed by atoms with van der Waals surface area (Å²) in [5.41, 5.74) is 7.85. The molecule has 3 N–H and O–H groups in total. The number of rotatable bonds is 4. The number of aryl methyl sites for hydroxylation is 2. The Morgan fingerprint density at radius 3 is 2.72 bits per heavy atom. The van der Waals surface area contributed by atoms with Gasteiger partial charge >= 0.3 is 0 Å². The molecule has 0 aliphatic rings. The molecule has 6 heteroatoms. The summed E-state index contributed by atoms with van der Waals surface area (Å²) < 4.78 is 1.90. The number of aromatic nitrogens is 4. The highest BCUT2D eigenvalue weighted by molar-refractivity contribution is 5.54. The fraction of sp³-hybridized carbons (Fsp3) is 0.417. The SMILES string of the molecule is Cc1cnn(CCNc2nc(C)nc(N)c2C)c1. The van der Waals surface area contributed by atoms with Crippen LogP contribution in [0.3, 0.4) is 0 Å². The second kappa shape index (κ2) is 5.03. The summed E-state index contributed by atoms with van der Waals surface area (Å²) in [6, 6.07) is 0. The molecular weight excluding hydrogens is 228 g/mol. The highest BCUT2D eigenvalue weighted by atomic mass is 15.3. The van der Waals surface area contributed by atoms with Crippen molar-refractivity contribution in [1.82, 2.24) is 19.7 Å². The van der Waals surface area contributed by atoms with Gasteiger partial charge in [0.2, 0.25) is 0 Å². The first-order chi connectivity index (χ1) is 8.56. The molecular formula is C12H18N6. The topological polar surface area (TPSA) is 81.7 Å². The van der Waals surface area contributed by atoms with E-state index in [1.54, 1.807) is 0 Å². The normalized spacial score (nSPS) is 10.6. The highest BCUT2D eigenvalue weighted by Gasteiger charge is 2.05. The Bertz CT molecular complexity index is 545. The molecule has 0 fully saturated rings. The van der Waals surface area contributed by atoms with Crippen LogP contribution in [0.4, 0.5) is 11.6 Å². The lowest BCUT2D eigenvalue weighted by Crippen LogP contribution is -2.14. The quantitative estimate of drug-likeness (QED) is 0.849. The maximum Gasteiger partial charge on any atom is 0.134 e. The van der Waals surface area contributed by atoms with Gasteiger partial charge in [-0.2, -0.15) is 5.10 Å². The molecule has 2 aromatic rings. The smallest absolute Gasteiger partial charge is 0.134 e. The van der Waals surface area contributed by atoms with Crippen molar-refractivity contribution >= 4 is 11.6 Å². The Morgan fingerprint density at radius 1 is 1.28 bits per heavy atom. The van der Waals surface area contributed by atoms with Gasteiger partial charge in [0.15, 0.2) is 0 Å². The van der Waals surface area contributed by atoms with Crippen LogP contribution >= 0.6 is 0 Å². The summed E-state index contributed by atoms with van der Waals surface area (Å²) in [6.07, 6.45) is 3.85. The van der Waals surface area contributed by atoms with E-state index < -0.39 is 0 Å². The van der Waals surface area contributed by atoms with E-state index in [4.69, 9.17) is 5.73 Å². The number of anilines is 2. The summed E-state index contributed by atoms with van der Waals surface area (Å²) in [5.74, 6) is 2.00. The molecule has 96 valence electrons. The van der Waals surface area contributed by atoms with E-state index in [0.717, 1.165) is 30.0 Å². The van der Waals surface area contributed by atoms with Gasteiger partial charge in [-0.05, 0) is 26.3 Å². The second-order valence-corrected chi connectivity index (χ2v) is 4.34. The minimum absolute atomic E-state index is 0.528. The van der Waals surface area contributed by atoms with Gasteiger partial charge in [-0.15, -0.1) is 0 Å². The molecule has 2 aromatic heterocycles. The molecule has 0 atom stereocenters. The molecule has 0 bridgehead atoms. The molecule has 0 aliphatic heterocycles. The summed E-state index contributed by atoms with van der Waals surface area (Å²) in [5, 5.41) is 7.48. The van der Waals surface area contributed by atoms with E-state index in [9.17, 15) is 0 Å². The lowest BCUT2D eigenvalue weighted by molar-refractivity contribution is 0.636. The Kier molecular flexibility index (Phi) is 3.45. The van der Waals surface area contributed by atoms with E-state index in [1.165, 1.54) is 0 Å². The third-order valence-corrected chi connectivity index (χ3v) is 2.69. The first-order valence-corrected chi connectivity index (χ1v) is 5.90. The van der Waals surface area contributed by atoms with Gasteiger partial charge in [-0.1, -0.05) is 0 Å². The first-order valence-electron chi connectivity index (χ1n) is 5.90. The van der Waals surface area contributed by atoms with Crippen LogP contribution in [0.1, 0.15) is 17.0 Å². The molecule has 0 amide bonds. The van der Waals surface area contributed by atoms with Gasteiger partial charge in [-0.25, -0.2) is 9.97 Å². The second-order valence-electron chi connectivity index (χ2n) is 4.34. The van der Waals surface area contributed by atoms with Crippen LogP contribution in [0.25, 0.3) is 0 Å². The van der Waals surface area contributed by atoms with Crippen LogP contribution in [0.5, 0.6) is 0 Å². The van der Waals surface area contributed by atoms with Crippen molar-refractivity contribution in [2.75, 3.05) is 17.6 Å². The van der Waals surface area contributed by atoms with Crippen LogP contribution in [0.2, 0.25) is 0 Å². The maximum atomic E-state index is 5.80. The standard InChI is InChI=1S/C12H18N6/c1-8-6-15-18(7-8)5-4-14-12-9(2)11(13)16-10(3)17-12/h6-7H,4-5H2,1-3H3,(H3,13,14,16,17). The Balaban J connectivity index is 1.98. The van der Waals surface area contributed by atoms with Crippen LogP contribution in [0.15, 0.2) is 12.4 Å². The van der Waals surface area contributed by atoms with Gasteiger partial charge in [0.25, 0.3) is 0 Å². The van der Waals surface area contributed by atoms with Crippen molar-refractivity contribution in [1.29, 1.82) is 0 Å². The molecule has 0 aliphatic carbocycles. The molecule has 0 radical (unpaired) electrons. The van der Waals surface area contributed by atoms with Crippen molar-refractivity contribution in [3.8, 4) is 0 Å². The zero-order chi connectivity index (χ0) is 13.1. The number of nitrogens with one attached hydrogen (secondary N) is 1. The first kappa shape index (κ1) is 12.3. The van der Waals surface area contributed by atoms with Crippen molar-refractivity contribution in [2.24, 2.45) is 0 Å². The summed E-state index contributed by atoms with van der Waals surface area (Å²) in [7, 11) is 0. The molecule has 0 aromatic carbocycles. The zero-order valence-corrected chi connectivity index (χ0v) is 10.9. The predicted octanol–water partition coefficient (Wildman–Crippen LogP) is 1.29. The number of nitrogens with two attached hydrogens (primary N) is 1. The van der Waals surface area contributed by atoms with Crippen LogP contribution in [-0.4, -0.2) is 26.3 Å². The van der Waals surface area contributed by atoms with Crippen LogP contribution < -0.4 is 11.1 Å². The largest absolute Gasteiger partial charge is 0.383 e. The molecule has 0 saturated carbocycles. The minimum atomic E-state index is 0.528.